The van der Waals surface area contributed by atoms with Crippen LogP contribution < -0.4 is 10.2 Å². The molecule has 0 aromatic heterocycles. The maximum Gasteiger partial charge on any atom is 0.306 e. The molecule has 3 unspecified atom stereocenters. The second-order valence-corrected chi connectivity index (χ2v) is 23.3. The van der Waals surface area contributed by atoms with Crippen LogP contribution in [0.15, 0.2) is 24.3 Å². The zero-order valence-electron chi connectivity index (χ0n) is 47.2. The third kappa shape index (κ3) is 51.4. The number of phosphoric acid groups is 1. The van der Waals surface area contributed by atoms with E-state index in [4.69, 9.17) is 13.8 Å². The van der Waals surface area contributed by atoms with E-state index in [1.807, 2.05) is 33.3 Å². The van der Waals surface area contributed by atoms with Gasteiger partial charge in [-0.25, -0.2) is 0 Å². The van der Waals surface area contributed by atoms with Gasteiger partial charge in [0.25, 0.3) is 7.82 Å². The van der Waals surface area contributed by atoms with Crippen molar-refractivity contribution in [3.8, 4) is 0 Å². The molecule has 0 aliphatic heterocycles. The number of rotatable bonds is 55. The number of carbonyl (C=O) groups is 2. The minimum atomic E-state index is -4.69. The summed E-state index contributed by atoms with van der Waals surface area (Å²) in [5, 5.41) is 3.03. The van der Waals surface area contributed by atoms with E-state index in [0.717, 1.165) is 57.8 Å². The Labute approximate surface area is 434 Å². The molecule has 414 valence electrons. The molecule has 0 saturated heterocycles. The molecule has 3 atom stereocenters. The molecule has 0 rings (SSSR count). The van der Waals surface area contributed by atoms with Crippen LogP contribution in [-0.4, -0.2) is 69.4 Å². The number of phosphoric ester groups is 1. The Bertz CT molecular complexity index is 1250. The standard InChI is InChI=1S/C60H117N2O7P/c1-7-10-13-16-19-22-25-27-29-30-31-32-33-35-38-41-44-47-50-53-60(64)69-58(51-48-45-42-39-36-24-21-18-15-12-9-3)57(56-68-70(65,66)67-55-54-62(4,5)6)61-59(63)52-49-46-43-40-37-34-28-26-23-20-17-14-11-8-2/h27,29,48,51,57-58H,7-26,28,30-47,49-50,52-56H2,1-6H3,(H-,61,63,65,66)/b29-27+,51-48+. The van der Waals surface area contributed by atoms with E-state index < -0.39 is 20.0 Å². The summed E-state index contributed by atoms with van der Waals surface area (Å²) in [5.41, 5.74) is 0. The van der Waals surface area contributed by atoms with Gasteiger partial charge in [-0.15, -0.1) is 0 Å². The van der Waals surface area contributed by atoms with Gasteiger partial charge < -0.3 is 28.5 Å². The van der Waals surface area contributed by atoms with E-state index >= 15 is 0 Å². The molecule has 0 spiro atoms. The highest BCUT2D eigenvalue weighted by molar-refractivity contribution is 7.45. The number of hydrogen-bond donors (Lipinski definition) is 1. The number of carbonyl (C=O) groups excluding carboxylic acids is 2. The number of ether oxygens (including phenoxy) is 1. The summed E-state index contributed by atoms with van der Waals surface area (Å²) < 4.78 is 30.3. The predicted octanol–water partition coefficient (Wildman–Crippen LogP) is 17.5. The fraction of sp³-hybridized carbons (Fsp3) is 0.900. The summed E-state index contributed by atoms with van der Waals surface area (Å²) in [4.78, 5) is 39.9. The number of nitrogens with one attached hydrogen (secondary N) is 1. The third-order valence-electron chi connectivity index (χ3n) is 13.6. The maximum absolute atomic E-state index is 13.5. The highest BCUT2D eigenvalue weighted by atomic mass is 31.2. The van der Waals surface area contributed by atoms with Crippen LogP contribution in [0.2, 0.25) is 0 Å². The SMILES string of the molecule is CCCCCCCC/C=C/CCCCCCCCCCCC(=O)OC(/C=C/CCCCCCCCCCC)C(COP(=O)([O-])OCC[N+](C)(C)C)NC(=O)CCCCCCCCCCCCCCCC. The largest absolute Gasteiger partial charge is 0.756 e. The zero-order chi connectivity index (χ0) is 51.5. The Morgan fingerprint density at radius 2 is 0.829 bits per heavy atom. The molecular weight excluding hydrogens is 892 g/mol. The summed E-state index contributed by atoms with van der Waals surface area (Å²) in [6.45, 7) is 6.86. The van der Waals surface area contributed by atoms with Crippen molar-refractivity contribution in [3.63, 3.8) is 0 Å². The van der Waals surface area contributed by atoms with Gasteiger partial charge in [-0.3, -0.25) is 14.2 Å². The molecule has 9 nitrogen and oxygen atoms in total. The number of quaternary nitrogens is 1. The van der Waals surface area contributed by atoms with Crippen molar-refractivity contribution in [2.75, 3.05) is 40.9 Å². The molecule has 0 saturated carbocycles. The van der Waals surface area contributed by atoms with Crippen LogP contribution in [0.25, 0.3) is 0 Å². The lowest BCUT2D eigenvalue weighted by Crippen LogP contribution is -2.47. The van der Waals surface area contributed by atoms with E-state index in [9.17, 15) is 19.0 Å². The summed E-state index contributed by atoms with van der Waals surface area (Å²) in [6, 6.07) is -0.882. The first-order chi connectivity index (χ1) is 33.9. The first-order valence-corrected chi connectivity index (χ1v) is 31.6. The average molecular weight is 1010 g/mol. The molecule has 0 radical (unpaired) electrons. The number of nitrogens with zero attached hydrogens (tertiary/aromatic N) is 1. The molecule has 10 heteroatoms. The number of esters is 1. The average Bonchev–Trinajstić information content (AvgIpc) is 3.32. The molecule has 0 heterocycles. The molecule has 0 fully saturated rings. The van der Waals surface area contributed by atoms with E-state index in [1.54, 1.807) is 0 Å². The van der Waals surface area contributed by atoms with E-state index in [-0.39, 0.29) is 31.5 Å². The number of allylic oxidation sites excluding steroid dienone is 3. The number of likely N-dealkylation sites (N-methyl/N-ethyl adjacent to an activating group) is 1. The molecule has 0 bridgehead atoms. The van der Waals surface area contributed by atoms with Gasteiger partial charge in [-0.05, 0) is 57.4 Å². The normalized spacial score (nSPS) is 13.9. The molecule has 70 heavy (non-hydrogen) atoms. The van der Waals surface area contributed by atoms with Crippen molar-refractivity contribution in [1.82, 2.24) is 5.32 Å². The highest BCUT2D eigenvalue weighted by Crippen LogP contribution is 2.38. The third-order valence-corrected chi connectivity index (χ3v) is 14.6. The van der Waals surface area contributed by atoms with Crippen molar-refractivity contribution in [1.29, 1.82) is 0 Å². The molecule has 1 amide bonds. The van der Waals surface area contributed by atoms with E-state index in [1.165, 1.54) is 205 Å². The van der Waals surface area contributed by atoms with E-state index in [2.05, 4.69) is 38.2 Å². The Kier molecular flexibility index (Phi) is 49.9. The Morgan fingerprint density at radius 3 is 1.21 bits per heavy atom. The molecule has 1 N–H and O–H groups in total. The lowest BCUT2D eigenvalue weighted by Gasteiger charge is -2.30. The van der Waals surface area contributed by atoms with Crippen molar-refractivity contribution < 1.29 is 37.3 Å². The maximum atomic E-state index is 13.5. The molecule has 0 aromatic rings. The Morgan fingerprint density at radius 1 is 0.486 bits per heavy atom. The Balaban J connectivity index is 5.21. The van der Waals surface area contributed by atoms with Gasteiger partial charge in [-0.1, -0.05) is 251 Å². The van der Waals surface area contributed by atoms with Crippen LogP contribution in [0, 0.1) is 0 Å². The molecule has 0 aliphatic rings. The Hall–Kier alpha value is -1.51. The number of unbranched alkanes of at least 4 members (excludes halogenated alkanes) is 37. The van der Waals surface area contributed by atoms with Gasteiger partial charge >= 0.3 is 5.97 Å². The quantitative estimate of drug-likeness (QED) is 0.0212. The summed E-state index contributed by atoms with van der Waals surface area (Å²) in [7, 11) is 1.20. The number of hydrogen-bond acceptors (Lipinski definition) is 7. The van der Waals surface area contributed by atoms with E-state index in [0.29, 0.717) is 17.4 Å². The van der Waals surface area contributed by atoms with Gasteiger partial charge in [0, 0.05) is 12.8 Å². The highest BCUT2D eigenvalue weighted by Gasteiger charge is 2.27. The monoisotopic (exact) mass is 1010 g/mol. The first kappa shape index (κ1) is 68.5. The van der Waals surface area contributed by atoms with Crippen molar-refractivity contribution in [2.45, 2.75) is 309 Å². The second kappa shape index (κ2) is 51.0. The topological polar surface area (TPSA) is 114 Å². The van der Waals surface area contributed by atoms with Crippen LogP contribution >= 0.6 is 7.82 Å². The van der Waals surface area contributed by atoms with Crippen LogP contribution in [0.4, 0.5) is 0 Å². The first-order valence-electron chi connectivity index (χ1n) is 30.1. The van der Waals surface area contributed by atoms with Gasteiger partial charge in [0.15, 0.2) is 0 Å². The summed E-state index contributed by atoms with van der Waals surface area (Å²) >= 11 is 0. The van der Waals surface area contributed by atoms with Crippen molar-refractivity contribution >= 4 is 19.7 Å². The van der Waals surface area contributed by atoms with Gasteiger partial charge in [-0.2, -0.15) is 0 Å². The predicted molar refractivity (Wildman–Crippen MR) is 298 cm³/mol. The fourth-order valence-electron chi connectivity index (χ4n) is 8.93. The minimum Gasteiger partial charge on any atom is -0.756 e. The lowest BCUT2D eigenvalue weighted by atomic mass is 10.0. The van der Waals surface area contributed by atoms with Gasteiger partial charge in [0.05, 0.1) is 33.8 Å². The lowest BCUT2D eigenvalue weighted by molar-refractivity contribution is -0.870. The molecule has 0 aliphatic carbocycles. The smallest absolute Gasteiger partial charge is 0.306 e. The van der Waals surface area contributed by atoms with Crippen LogP contribution in [-0.2, 0) is 27.9 Å². The summed E-state index contributed by atoms with van der Waals surface area (Å²) in [6.07, 6.45) is 58.5. The zero-order valence-corrected chi connectivity index (χ0v) is 48.1. The number of amides is 1. The van der Waals surface area contributed by atoms with Crippen LogP contribution in [0.5, 0.6) is 0 Å². The fourth-order valence-corrected chi connectivity index (χ4v) is 9.65. The minimum absolute atomic E-state index is 0.0191. The van der Waals surface area contributed by atoms with Gasteiger partial charge in [0.2, 0.25) is 5.91 Å². The molecule has 0 aromatic carbocycles. The summed E-state index contributed by atoms with van der Waals surface area (Å²) in [5.74, 6) is -0.530. The van der Waals surface area contributed by atoms with Crippen molar-refractivity contribution in [2.24, 2.45) is 0 Å². The van der Waals surface area contributed by atoms with Crippen LogP contribution in [0.1, 0.15) is 297 Å². The second-order valence-electron chi connectivity index (χ2n) is 21.9. The van der Waals surface area contributed by atoms with Gasteiger partial charge in [0.1, 0.15) is 19.3 Å². The van der Waals surface area contributed by atoms with Crippen molar-refractivity contribution in [3.05, 3.63) is 24.3 Å². The van der Waals surface area contributed by atoms with Crippen LogP contribution in [0.3, 0.4) is 0 Å². The molecular formula is C60H117N2O7P.